The molecule has 1 unspecified atom stereocenters. The second kappa shape index (κ2) is 10.2. The van der Waals surface area contributed by atoms with Gasteiger partial charge in [0.05, 0.1) is 0 Å². The highest BCUT2D eigenvalue weighted by molar-refractivity contribution is 6.10. The maximum absolute atomic E-state index is 13.7. The van der Waals surface area contributed by atoms with Gasteiger partial charge in [-0.05, 0) is 61.6 Å². The van der Waals surface area contributed by atoms with Crippen molar-refractivity contribution in [3.05, 3.63) is 118 Å². The molecule has 1 atom stereocenters. The number of allylic oxidation sites excluding steroid dienone is 3. The molecule has 36 heavy (non-hydrogen) atoms. The molecule has 0 saturated carbocycles. The number of dihydropyridines is 1. The molecule has 0 aromatic heterocycles. The Bertz CT molecular complexity index is 1370. The monoisotopic (exact) mass is 478 g/mol. The van der Waals surface area contributed by atoms with Crippen LogP contribution in [-0.2, 0) is 16.2 Å². The number of hydrogen-bond acceptors (Lipinski definition) is 4. The van der Waals surface area contributed by atoms with Gasteiger partial charge in [0.1, 0.15) is 12.4 Å². The summed E-state index contributed by atoms with van der Waals surface area (Å²) >= 11 is 0. The number of rotatable bonds is 6. The molecule has 1 amide bonds. The van der Waals surface area contributed by atoms with Crippen molar-refractivity contribution in [3.8, 4) is 5.75 Å². The van der Waals surface area contributed by atoms with Crippen molar-refractivity contribution in [1.29, 1.82) is 0 Å². The van der Waals surface area contributed by atoms with Gasteiger partial charge in [-0.15, -0.1) is 0 Å². The number of amides is 1. The van der Waals surface area contributed by atoms with Crippen molar-refractivity contribution in [2.45, 2.75) is 45.6 Å². The number of hydrogen-bond donors (Lipinski definition) is 2. The number of para-hydroxylation sites is 1. The van der Waals surface area contributed by atoms with Crippen LogP contribution in [-0.4, -0.2) is 11.7 Å². The third kappa shape index (κ3) is 4.82. The molecule has 0 saturated heterocycles. The van der Waals surface area contributed by atoms with E-state index in [4.69, 9.17) is 4.74 Å². The Kier molecular flexibility index (Phi) is 6.72. The number of carbonyl (C=O) groups excluding carboxylic acids is 2. The number of ether oxygens (including phenoxy) is 1. The summed E-state index contributed by atoms with van der Waals surface area (Å²) in [5.74, 6) is 0.132. The van der Waals surface area contributed by atoms with Crippen LogP contribution in [0, 0.1) is 6.92 Å². The van der Waals surface area contributed by atoms with Crippen LogP contribution in [0.2, 0.25) is 0 Å². The first kappa shape index (κ1) is 23.6. The van der Waals surface area contributed by atoms with Crippen LogP contribution in [0.5, 0.6) is 5.75 Å². The SMILES string of the molecule is CC1=C(C(=O)Nc2ccccc2C)C(c2cccc(OCc3ccccc3)c2)C2=C(CCCC2=O)N1. The molecule has 1 heterocycles. The average molecular weight is 479 g/mol. The summed E-state index contributed by atoms with van der Waals surface area (Å²) in [7, 11) is 0. The Morgan fingerprint density at radius 3 is 2.56 bits per heavy atom. The van der Waals surface area contributed by atoms with Crippen LogP contribution in [0.25, 0.3) is 0 Å². The van der Waals surface area contributed by atoms with Gasteiger partial charge in [0, 0.05) is 40.6 Å². The predicted molar refractivity (Wildman–Crippen MR) is 141 cm³/mol. The molecule has 5 rings (SSSR count). The van der Waals surface area contributed by atoms with Crippen LogP contribution < -0.4 is 15.4 Å². The zero-order valence-corrected chi connectivity index (χ0v) is 20.6. The number of ketones is 1. The van der Waals surface area contributed by atoms with Gasteiger partial charge in [0.2, 0.25) is 0 Å². The third-order valence-corrected chi connectivity index (χ3v) is 6.85. The van der Waals surface area contributed by atoms with E-state index < -0.39 is 5.92 Å². The minimum absolute atomic E-state index is 0.0954. The standard InChI is InChI=1S/C31H30N2O3/c1-20-10-6-7-15-25(20)33-31(35)28-21(2)32-26-16-9-17-27(34)30(26)29(28)23-13-8-14-24(18-23)36-19-22-11-4-3-5-12-22/h3-8,10-15,18,29,32H,9,16-17,19H2,1-2H3,(H,33,35). The van der Waals surface area contributed by atoms with Crippen LogP contribution in [0.3, 0.4) is 0 Å². The van der Waals surface area contributed by atoms with E-state index in [1.54, 1.807) is 0 Å². The molecule has 182 valence electrons. The minimum atomic E-state index is -0.460. The summed E-state index contributed by atoms with van der Waals surface area (Å²) < 4.78 is 6.09. The summed E-state index contributed by atoms with van der Waals surface area (Å²) in [5.41, 5.74) is 6.65. The molecule has 3 aromatic carbocycles. The van der Waals surface area contributed by atoms with Gasteiger partial charge >= 0.3 is 0 Å². The molecule has 5 heteroatoms. The Hall–Kier alpha value is -4.12. The Morgan fingerprint density at radius 1 is 0.972 bits per heavy atom. The van der Waals surface area contributed by atoms with Crippen molar-refractivity contribution in [3.63, 3.8) is 0 Å². The fraction of sp³-hybridized carbons (Fsp3) is 0.226. The predicted octanol–water partition coefficient (Wildman–Crippen LogP) is 6.18. The summed E-state index contributed by atoms with van der Waals surface area (Å²) in [4.78, 5) is 26.9. The summed E-state index contributed by atoms with van der Waals surface area (Å²) in [6.07, 6.45) is 2.11. The number of nitrogens with one attached hydrogen (secondary N) is 2. The molecule has 2 aliphatic rings. The topological polar surface area (TPSA) is 67.4 Å². The van der Waals surface area contributed by atoms with Crippen LogP contribution in [0.1, 0.15) is 48.8 Å². The quantitative estimate of drug-likeness (QED) is 0.444. The Labute approximate surface area is 211 Å². The molecule has 5 nitrogen and oxygen atoms in total. The van der Waals surface area contributed by atoms with E-state index in [1.807, 2.05) is 92.7 Å². The summed E-state index contributed by atoms with van der Waals surface area (Å²) in [6.45, 7) is 4.32. The normalized spacial score (nSPS) is 17.4. The van der Waals surface area contributed by atoms with E-state index in [1.165, 1.54) is 0 Å². The van der Waals surface area contributed by atoms with E-state index in [0.717, 1.165) is 46.6 Å². The van der Waals surface area contributed by atoms with Crippen molar-refractivity contribution >= 4 is 17.4 Å². The number of carbonyl (C=O) groups is 2. The Balaban J connectivity index is 1.51. The van der Waals surface area contributed by atoms with Crippen molar-refractivity contribution in [2.24, 2.45) is 0 Å². The van der Waals surface area contributed by atoms with Crippen molar-refractivity contribution in [2.75, 3.05) is 5.32 Å². The van der Waals surface area contributed by atoms with E-state index in [0.29, 0.717) is 29.9 Å². The highest BCUT2D eigenvalue weighted by atomic mass is 16.5. The summed E-state index contributed by atoms with van der Waals surface area (Å²) in [5, 5.41) is 6.47. The average Bonchev–Trinajstić information content (AvgIpc) is 2.89. The minimum Gasteiger partial charge on any atom is -0.489 e. The van der Waals surface area contributed by atoms with E-state index in [-0.39, 0.29) is 11.7 Å². The van der Waals surface area contributed by atoms with Crippen LogP contribution >= 0.6 is 0 Å². The zero-order chi connectivity index (χ0) is 25.1. The lowest BCUT2D eigenvalue weighted by atomic mass is 9.75. The second-order valence-corrected chi connectivity index (χ2v) is 9.38. The van der Waals surface area contributed by atoms with Gasteiger partial charge in [-0.1, -0.05) is 60.7 Å². The van der Waals surface area contributed by atoms with Crippen LogP contribution in [0.4, 0.5) is 5.69 Å². The Morgan fingerprint density at radius 2 is 1.75 bits per heavy atom. The first-order valence-electron chi connectivity index (χ1n) is 12.4. The first-order valence-corrected chi connectivity index (χ1v) is 12.4. The van der Waals surface area contributed by atoms with E-state index in [2.05, 4.69) is 10.6 Å². The highest BCUT2D eigenvalue weighted by Crippen LogP contribution is 2.43. The lowest BCUT2D eigenvalue weighted by molar-refractivity contribution is -0.116. The largest absolute Gasteiger partial charge is 0.489 e. The molecule has 1 aliphatic carbocycles. The van der Waals surface area contributed by atoms with Gasteiger partial charge < -0.3 is 15.4 Å². The maximum Gasteiger partial charge on any atom is 0.254 e. The molecule has 0 radical (unpaired) electrons. The number of anilines is 1. The second-order valence-electron chi connectivity index (χ2n) is 9.38. The van der Waals surface area contributed by atoms with Gasteiger partial charge in [-0.3, -0.25) is 9.59 Å². The van der Waals surface area contributed by atoms with Gasteiger partial charge in [-0.2, -0.15) is 0 Å². The van der Waals surface area contributed by atoms with Gasteiger partial charge in [-0.25, -0.2) is 0 Å². The highest BCUT2D eigenvalue weighted by Gasteiger charge is 2.38. The van der Waals surface area contributed by atoms with Crippen LogP contribution in [0.15, 0.2) is 101 Å². The molecule has 0 bridgehead atoms. The molecule has 3 aromatic rings. The maximum atomic E-state index is 13.7. The molecule has 0 fully saturated rings. The molecular formula is C31H30N2O3. The fourth-order valence-corrected chi connectivity index (χ4v) is 5.05. The van der Waals surface area contributed by atoms with Crippen molar-refractivity contribution in [1.82, 2.24) is 5.32 Å². The van der Waals surface area contributed by atoms with E-state index in [9.17, 15) is 9.59 Å². The number of Topliss-reactive ketones (excluding diaryl/α,β-unsaturated/α-hetero) is 1. The first-order chi connectivity index (χ1) is 17.5. The zero-order valence-electron chi connectivity index (χ0n) is 20.6. The lowest BCUT2D eigenvalue weighted by Crippen LogP contribution is -2.35. The summed E-state index contributed by atoms with van der Waals surface area (Å²) in [6, 6.07) is 25.5. The molecule has 2 N–H and O–H groups in total. The number of aryl methyl sites for hydroxylation is 1. The third-order valence-electron chi connectivity index (χ3n) is 6.85. The van der Waals surface area contributed by atoms with Gasteiger partial charge in [0.25, 0.3) is 5.91 Å². The fourth-order valence-electron chi connectivity index (χ4n) is 5.05. The van der Waals surface area contributed by atoms with E-state index >= 15 is 0 Å². The molecule has 0 spiro atoms. The van der Waals surface area contributed by atoms with Gasteiger partial charge in [0.15, 0.2) is 5.78 Å². The molecular weight excluding hydrogens is 448 g/mol. The number of benzene rings is 3. The lowest BCUT2D eigenvalue weighted by Gasteiger charge is -2.34. The van der Waals surface area contributed by atoms with Crippen molar-refractivity contribution < 1.29 is 14.3 Å². The molecule has 1 aliphatic heterocycles. The smallest absolute Gasteiger partial charge is 0.254 e.